The highest BCUT2D eigenvalue weighted by Crippen LogP contribution is 2.18. The van der Waals surface area contributed by atoms with E-state index >= 15 is 0 Å². The molecule has 5 nitrogen and oxygen atoms in total. The Morgan fingerprint density at radius 3 is 2.68 bits per heavy atom. The smallest absolute Gasteiger partial charge is 0.265 e. The fourth-order valence-corrected chi connectivity index (χ4v) is 2.50. The van der Waals surface area contributed by atoms with Crippen molar-refractivity contribution >= 4 is 16.6 Å². The molecular formula is C17H12N4O. The number of rotatable bonds is 1. The molecule has 0 saturated heterocycles. The Hall–Kier alpha value is -3.08. The molecule has 22 heavy (non-hydrogen) atoms. The second-order valence-corrected chi connectivity index (χ2v) is 5.16. The maximum absolute atomic E-state index is 12.4. The molecule has 0 atom stereocenters. The Morgan fingerprint density at radius 1 is 1.05 bits per heavy atom. The second kappa shape index (κ2) is 4.73. The van der Waals surface area contributed by atoms with Crippen LogP contribution in [-0.4, -0.2) is 19.6 Å². The summed E-state index contributed by atoms with van der Waals surface area (Å²) < 4.78 is 1.56. The van der Waals surface area contributed by atoms with Crippen LogP contribution in [0.15, 0.2) is 59.7 Å². The molecule has 0 unspecified atom stereocenters. The highest BCUT2D eigenvalue weighted by Gasteiger charge is 2.10. The van der Waals surface area contributed by atoms with E-state index in [1.807, 2.05) is 55.5 Å². The molecule has 0 radical (unpaired) electrons. The van der Waals surface area contributed by atoms with Gasteiger partial charge in [0, 0.05) is 10.9 Å². The van der Waals surface area contributed by atoms with Crippen LogP contribution in [0.2, 0.25) is 0 Å². The minimum absolute atomic E-state index is 0.326. The summed E-state index contributed by atoms with van der Waals surface area (Å²) in [5, 5.41) is 5.23. The largest absolute Gasteiger partial charge is 0.300 e. The van der Waals surface area contributed by atoms with Crippen LogP contribution >= 0.6 is 0 Å². The summed E-state index contributed by atoms with van der Waals surface area (Å²) in [6.07, 6.45) is 1.59. The van der Waals surface area contributed by atoms with E-state index in [1.54, 1.807) is 10.8 Å². The van der Waals surface area contributed by atoms with Gasteiger partial charge in [0.15, 0.2) is 11.3 Å². The summed E-state index contributed by atoms with van der Waals surface area (Å²) in [5.41, 5.74) is 3.15. The van der Waals surface area contributed by atoms with Gasteiger partial charge in [0.25, 0.3) is 5.56 Å². The number of aromatic nitrogens is 4. The summed E-state index contributed by atoms with van der Waals surface area (Å²) in [6, 6.07) is 15.2. The molecule has 0 fully saturated rings. The fraction of sp³-hybridized carbons (Fsp3) is 0.0588. The van der Waals surface area contributed by atoms with E-state index in [9.17, 15) is 4.79 Å². The zero-order valence-corrected chi connectivity index (χ0v) is 11.9. The topological polar surface area (TPSA) is 60.2 Å². The molecule has 0 saturated carbocycles. The van der Waals surface area contributed by atoms with Gasteiger partial charge in [-0.05, 0) is 19.1 Å². The molecule has 2 aromatic carbocycles. The van der Waals surface area contributed by atoms with Crippen molar-refractivity contribution in [3.05, 3.63) is 70.8 Å². The molecule has 0 aliphatic carbocycles. The van der Waals surface area contributed by atoms with Crippen LogP contribution in [0.3, 0.4) is 0 Å². The fourth-order valence-electron chi connectivity index (χ4n) is 2.50. The molecule has 5 heteroatoms. The quantitative estimate of drug-likeness (QED) is 0.505. The number of fused-ring (bicyclic) bond motifs is 3. The Bertz CT molecular complexity index is 1050. The van der Waals surface area contributed by atoms with Gasteiger partial charge in [-0.25, -0.2) is 9.50 Å². The van der Waals surface area contributed by atoms with E-state index < -0.39 is 0 Å². The van der Waals surface area contributed by atoms with Gasteiger partial charge in [-0.1, -0.05) is 42.0 Å². The van der Waals surface area contributed by atoms with E-state index in [4.69, 9.17) is 0 Å². The second-order valence-electron chi connectivity index (χ2n) is 5.16. The zero-order valence-electron chi connectivity index (χ0n) is 11.9. The molecule has 0 spiro atoms. The van der Waals surface area contributed by atoms with Crippen molar-refractivity contribution in [2.45, 2.75) is 6.92 Å². The average Bonchev–Trinajstić information content (AvgIpc) is 2.55. The minimum Gasteiger partial charge on any atom is -0.265 e. The zero-order chi connectivity index (χ0) is 15.1. The van der Waals surface area contributed by atoms with Gasteiger partial charge in [-0.15, -0.1) is 0 Å². The van der Waals surface area contributed by atoms with Gasteiger partial charge < -0.3 is 0 Å². The number of hydrogen-bond acceptors (Lipinski definition) is 4. The summed E-state index contributed by atoms with van der Waals surface area (Å²) >= 11 is 0. The van der Waals surface area contributed by atoms with Crippen LogP contribution in [0.5, 0.6) is 0 Å². The van der Waals surface area contributed by atoms with Crippen LogP contribution in [0.25, 0.3) is 27.8 Å². The Morgan fingerprint density at radius 2 is 1.86 bits per heavy atom. The lowest BCUT2D eigenvalue weighted by molar-refractivity contribution is 0.871. The third kappa shape index (κ3) is 1.95. The van der Waals surface area contributed by atoms with Crippen molar-refractivity contribution < 1.29 is 0 Å². The minimum atomic E-state index is -0.333. The molecule has 0 amide bonds. The molecule has 0 bridgehead atoms. The van der Waals surface area contributed by atoms with E-state index in [0.717, 1.165) is 22.0 Å². The Kier molecular flexibility index (Phi) is 2.72. The normalized spacial score (nSPS) is 11.1. The molecule has 2 aromatic heterocycles. The van der Waals surface area contributed by atoms with Gasteiger partial charge in [-0.2, -0.15) is 10.1 Å². The Labute approximate surface area is 125 Å². The molecule has 4 aromatic rings. The highest BCUT2D eigenvalue weighted by atomic mass is 16.1. The van der Waals surface area contributed by atoms with E-state index in [0.29, 0.717) is 11.3 Å². The van der Waals surface area contributed by atoms with Crippen LogP contribution in [0.1, 0.15) is 5.56 Å². The maximum Gasteiger partial charge on any atom is 0.300 e. The lowest BCUT2D eigenvalue weighted by Crippen LogP contribution is -2.16. The van der Waals surface area contributed by atoms with Crippen molar-refractivity contribution in [1.29, 1.82) is 0 Å². The third-order valence-electron chi connectivity index (χ3n) is 3.58. The number of nitrogens with zero attached hydrogens (tertiary/aromatic N) is 4. The first-order chi connectivity index (χ1) is 10.7. The van der Waals surface area contributed by atoms with Gasteiger partial charge in [0.05, 0.1) is 5.52 Å². The van der Waals surface area contributed by atoms with Gasteiger partial charge in [-0.3, -0.25) is 4.79 Å². The average molecular weight is 288 g/mol. The number of aryl methyl sites for hydroxylation is 1. The van der Waals surface area contributed by atoms with Crippen LogP contribution in [0, 0.1) is 6.92 Å². The van der Waals surface area contributed by atoms with Crippen molar-refractivity contribution in [3.63, 3.8) is 0 Å². The molecule has 106 valence electrons. The molecular weight excluding hydrogens is 276 g/mol. The number of benzene rings is 2. The van der Waals surface area contributed by atoms with Crippen molar-refractivity contribution in [2.24, 2.45) is 0 Å². The van der Waals surface area contributed by atoms with Crippen molar-refractivity contribution in [1.82, 2.24) is 19.6 Å². The lowest BCUT2D eigenvalue weighted by atomic mass is 10.1. The van der Waals surface area contributed by atoms with Crippen molar-refractivity contribution in [2.75, 3.05) is 0 Å². The SMILES string of the molecule is Cc1ccc2ncn3nc(-c4ccccc4)c(=O)nc3c2c1. The highest BCUT2D eigenvalue weighted by molar-refractivity contribution is 5.91. The third-order valence-corrected chi connectivity index (χ3v) is 3.58. The van der Waals surface area contributed by atoms with Gasteiger partial charge in [0.1, 0.15) is 6.33 Å². The summed E-state index contributed by atoms with van der Waals surface area (Å²) in [5.74, 6) is 0. The summed E-state index contributed by atoms with van der Waals surface area (Å²) in [4.78, 5) is 21.0. The first kappa shape index (κ1) is 12.6. The van der Waals surface area contributed by atoms with E-state index in [1.165, 1.54) is 0 Å². The molecule has 2 heterocycles. The molecule has 0 aliphatic heterocycles. The first-order valence-electron chi connectivity index (χ1n) is 6.94. The van der Waals surface area contributed by atoms with Gasteiger partial charge >= 0.3 is 0 Å². The predicted octanol–water partition coefficient (Wildman–Crippen LogP) is 2.61. The van der Waals surface area contributed by atoms with Crippen LogP contribution < -0.4 is 5.56 Å². The molecule has 0 aliphatic rings. The van der Waals surface area contributed by atoms with Crippen molar-refractivity contribution in [3.8, 4) is 11.3 Å². The van der Waals surface area contributed by atoms with E-state index in [-0.39, 0.29) is 5.56 Å². The number of hydrogen-bond donors (Lipinski definition) is 0. The van der Waals surface area contributed by atoms with Crippen LogP contribution in [0.4, 0.5) is 0 Å². The lowest BCUT2D eigenvalue weighted by Gasteiger charge is -2.06. The van der Waals surface area contributed by atoms with Gasteiger partial charge in [0.2, 0.25) is 0 Å². The molecule has 0 N–H and O–H groups in total. The van der Waals surface area contributed by atoms with Crippen LogP contribution in [-0.2, 0) is 0 Å². The predicted molar refractivity (Wildman–Crippen MR) is 84.7 cm³/mol. The Balaban J connectivity index is 2.08. The monoisotopic (exact) mass is 288 g/mol. The van der Waals surface area contributed by atoms with E-state index in [2.05, 4.69) is 15.1 Å². The standard InChI is InChI=1S/C17H12N4O/c1-11-7-8-14-13(9-11)16-19-17(22)15(20-21(16)10-18-14)12-5-3-2-4-6-12/h2-10H,1H3. The summed E-state index contributed by atoms with van der Waals surface area (Å²) in [6.45, 7) is 1.99. The summed E-state index contributed by atoms with van der Waals surface area (Å²) in [7, 11) is 0. The molecule has 4 rings (SSSR count). The first-order valence-corrected chi connectivity index (χ1v) is 6.94. The maximum atomic E-state index is 12.4.